The van der Waals surface area contributed by atoms with Crippen molar-refractivity contribution in [2.75, 3.05) is 5.73 Å². The number of hydrogen-bond donors (Lipinski definition) is 1. The summed E-state index contributed by atoms with van der Waals surface area (Å²) in [5.41, 5.74) is 8.45. The van der Waals surface area contributed by atoms with Crippen LogP contribution in [0.2, 0.25) is 0 Å². The second-order valence-corrected chi connectivity index (χ2v) is 5.51. The lowest BCUT2D eigenvalue weighted by atomic mass is 10.0. The standard InChI is InChI=1S/C14H11N3O3S/c1-8-5-9(7-10(6-8)17(18)19)13-12(14(15)20-16-13)11-3-2-4-21-11/h2-7H,15H2,1H3. The molecule has 0 radical (unpaired) electrons. The molecule has 2 N–H and O–H groups in total. The van der Waals surface area contributed by atoms with Gasteiger partial charge in [-0.25, -0.2) is 0 Å². The zero-order valence-electron chi connectivity index (χ0n) is 11.1. The van der Waals surface area contributed by atoms with Crippen LogP contribution < -0.4 is 5.73 Å². The summed E-state index contributed by atoms with van der Waals surface area (Å²) in [6, 6.07) is 8.61. The molecule has 1 aromatic carbocycles. The van der Waals surface area contributed by atoms with E-state index in [0.717, 1.165) is 10.4 Å². The SMILES string of the molecule is Cc1cc(-c2noc(N)c2-c2cccs2)cc([N+](=O)[O-])c1. The zero-order valence-corrected chi connectivity index (χ0v) is 11.9. The Balaban J connectivity index is 2.20. The third-order valence-electron chi connectivity index (χ3n) is 3.03. The molecule has 3 rings (SSSR count). The number of non-ortho nitro benzene ring substituents is 1. The van der Waals surface area contributed by atoms with Crippen LogP contribution >= 0.6 is 11.3 Å². The molecule has 0 bridgehead atoms. The summed E-state index contributed by atoms with van der Waals surface area (Å²) in [4.78, 5) is 11.5. The number of rotatable bonds is 3. The Morgan fingerprint density at radius 1 is 1.38 bits per heavy atom. The van der Waals surface area contributed by atoms with Gasteiger partial charge in [-0.3, -0.25) is 10.1 Å². The lowest BCUT2D eigenvalue weighted by Gasteiger charge is -2.02. The van der Waals surface area contributed by atoms with E-state index in [-0.39, 0.29) is 11.6 Å². The number of anilines is 1. The van der Waals surface area contributed by atoms with Crippen molar-refractivity contribution in [2.24, 2.45) is 0 Å². The van der Waals surface area contributed by atoms with E-state index in [1.165, 1.54) is 23.5 Å². The lowest BCUT2D eigenvalue weighted by Crippen LogP contribution is -1.91. The first-order chi connectivity index (χ1) is 10.1. The van der Waals surface area contributed by atoms with Gasteiger partial charge in [0.2, 0.25) is 5.88 Å². The van der Waals surface area contributed by atoms with E-state index in [2.05, 4.69) is 5.16 Å². The fourth-order valence-corrected chi connectivity index (χ4v) is 2.94. The van der Waals surface area contributed by atoms with E-state index in [9.17, 15) is 10.1 Å². The summed E-state index contributed by atoms with van der Waals surface area (Å²) in [5, 5.41) is 16.9. The van der Waals surface area contributed by atoms with Crippen molar-refractivity contribution in [2.45, 2.75) is 6.92 Å². The van der Waals surface area contributed by atoms with Gasteiger partial charge in [0.05, 0.1) is 10.5 Å². The Bertz CT molecular complexity index is 809. The summed E-state index contributed by atoms with van der Waals surface area (Å²) < 4.78 is 5.08. The van der Waals surface area contributed by atoms with Crippen molar-refractivity contribution in [1.29, 1.82) is 0 Å². The minimum absolute atomic E-state index is 0.0173. The molecule has 0 amide bonds. The number of hydrogen-bond acceptors (Lipinski definition) is 6. The van der Waals surface area contributed by atoms with Crippen LogP contribution in [-0.2, 0) is 0 Å². The van der Waals surface area contributed by atoms with Crippen molar-refractivity contribution in [3.8, 4) is 21.7 Å². The number of aryl methyl sites for hydroxylation is 1. The molecule has 3 aromatic rings. The predicted octanol–water partition coefficient (Wildman–Crippen LogP) is 3.87. The van der Waals surface area contributed by atoms with Gasteiger partial charge in [0.25, 0.3) is 5.69 Å². The van der Waals surface area contributed by atoms with Gasteiger partial charge in [0.15, 0.2) is 0 Å². The molecule has 21 heavy (non-hydrogen) atoms. The van der Waals surface area contributed by atoms with Crippen LogP contribution in [0.3, 0.4) is 0 Å². The maximum atomic E-state index is 11.0. The van der Waals surface area contributed by atoms with Crippen molar-refractivity contribution in [1.82, 2.24) is 5.16 Å². The minimum atomic E-state index is -0.426. The molecule has 0 atom stereocenters. The van der Waals surface area contributed by atoms with Crippen LogP contribution in [0.5, 0.6) is 0 Å². The molecule has 106 valence electrons. The topological polar surface area (TPSA) is 95.2 Å². The number of thiophene rings is 1. The second-order valence-electron chi connectivity index (χ2n) is 4.56. The summed E-state index contributed by atoms with van der Waals surface area (Å²) >= 11 is 1.50. The number of nitro groups is 1. The van der Waals surface area contributed by atoms with Crippen LogP contribution in [0.15, 0.2) is 40.2 Å². The third kappa shape index (κ3) is 2.38. The van der Waals surface area contributed by atoms with Crippen LogP contribution in [0.1, 0.15) is 5.56 Å². The number of benzene rings is 1. The van der Waals surface area contributed by atoms with Crippen molar-refractivity contribution < 1.29 is 9.45 Å². The van der Waals surface area contributed by atoms with E-state index in [0.29, 0.717) is 16.8 Å². The van der Waals surface area contributed by atoms with E-state index in [1.807, 2.05) is 23.6 Å². The Labute approximate surface area is 124 Å². The third-order valence-corrected chi connectivity index (χ3v) is 3.92. The van der Waals surface area contributed by atoms with Gasteiger partial charge in [-0.1, -0.05) is 11.2 Å². The molecule has 0 saturated carbocycles. The van der Waals surface area contributed by atoms with Gasteiger partial charge in [-0.15, -0.1) is 11.3 Å². The molecule has 0 aliphatic heterocycles. The molecule has 0 aliphatic carbocycles. The normalized spacial score (nSPS) is 10.7. The monoisotopic (exact) mass is 301 g/mol. The van der Waals surface area contributed by atoms with E-state index in [4.69, 9.17) is 10.3 Å². The lowest BCUT2D eigenvalue weighted by molar-refractivity contribution is -0.384. The van der Waals surface area contributed by atoms with Gasteiger partial charge in [-0.2, -0.15) is 0 Å². The van der Waals surface area contributed by atoms with Crippen molar-refractivity contribution in [3.63, 3.8) is 0 Å². The summed E-state index contributed by atoms with van der Waals surface area (Å²) in [7, 11) is 0. The minimum Gasteiger partial charge on any atom is -0.367 e. The number of aromatic nitrogens is 1. The summed E-state index contributed by atoms with van der Waals surface area (Å²) in [6.45, 7) is 1.80. The van der Waals surface area contributed by atoms with Crippen LogP contribution in [0.25, 0.3) is 21.7 Å². The fourth-order valence-electron chi connectivity index (χ4n) is 2.16. The summed E-state index contributed by atoms with van der Waals surface area (Å²) in [5.74, 6) is 0.205. The highest BCUT2D eigenvalue weighted by Gasteiger charge is 2.20. The number of nitro benzene ring substituents is 1. The van der Waals surface area contributed by atoms with Crippen molar-refractivity contribution >= 4 is 22.9 Å². The molecule has 0 spiro atoms. The second kappa shape index (κ2) is 5.02. The molecular formula is C14H11N3O3S. The predicted molar refractivity (Wildman–Crippen MR) is 81.1 cm³/mol. The highest BCUT2D eigenvalue weighted by atomic mass is 32.1. The van der Waals surface area contributed by atoms with E-state index >= 15 is 0 Å². The largest absolute Gasteiger partial charge is 0.367 e. The van der Waals surface area contributed by atoms with E-state index < -0.39 is 4.92 Å². The van der Waals surface area contributed by atoms with Gasteiger partial charge in [-0.05, 0) is 30.0 Å². The van der Waals surface area contributed by atoms with E-state index in [1.54, 1.807) is 6.92 Å². The molecule has 2 heterocycles. The Hall–Kier alpha value is -2.67. The smallest absolute Gasteiger partial charge is 0.270 e. The maximum Gasteiger partial charge on any atom is 0.270 e. The van der Waals surface area contributed by atoms with Crippen molar-refractivity contribution in [3.05, 3.63) is 51.4 Å². The highest BCUT2D eigenvalue weighted by molar-refractivity contribution is 7.13. The first-order valence-corrected chi connectivity index (χ1v) is 6.99. The zero-order chi connectivity index (χ0) is 15.0. The number of nitrogens with two attached hydrogens (primary N) is 1. The Morgan fingerprint density at radius 3 is 2.86 bits per heavy atom. The molecular weight excluding hydrogens is 290 g/mol. The molecule has 0 unspecified atom stereocenters. The van der Waals surface area contributed by atoms with Gasteiger partial charge in [0, 0.05) is 22.6 Å². The first kappa shape index (κ1) is 13.3. The van der Waals surface area contributed by atoms with Crippen LogP contribution in [-0.4, -0.2) is 10.1 Å². The molecule has 2 aromatic heterocycles. The van der Waals surface area contributed by atoms with Crippen LogP contribution in [0.4, 0.5) is 11.6 Å². The molecule has 0 fully saturated rings. The number of nitrogen functional groups attached to an aromatic ring is 1. The number of nitrogens with zero attached hydrogens (tertiary/aromatic N) is 2. The summed E-state index contributed by atoms with van der Waals surface area (Å²) in [6.07, 6.45) is 0. The molecule has 6 nitrogen and oxygen atoms in total. The maximum absolute atomic E-state index is 11.0. The fraction of sp³-hybridized carbons (Fsp3) is 0.0714. The Kier molecular flexibility index (Phi) is 3.19. The quantitative estimate of drug-likeness (QED) is 0.585. The molecule has 7 heteroatoms. The average Bonchev–Trinajstić information content (AvgIpc) is 3.06. The highest BCUT2D eigenvalue weighted by Crippen LogP contribution is 2.39. The molecule has 0 aliphatic rings. The van der Waals surface area contributed by atoms with Gasteiger partial charge < -0.3 is 10.3 Å². The van der Waals surface area contributed by atoms with Gasteiger partial charge >= 0.3 is 0 Å². The first-order valence-electron chi connectivity index (χ1n) is 6.11. The average molecular weight is 301 g/mol. The van der Waals surface area contributed by atoms with Gasteiger partial charge in [0.1, 0.15) is 5.69 Å². The van der Waals surface area contributed by atoms with Crippen LogP contribution in [0, 0.1) is 17.0 Å². The Morgan fingerprint density at radius 2 is 2.19 bits per heavy atom. The molecule has 0 saturated heterocycles.